The van der Waals surface area contributed by atoms with Crippen LogP contribution in [0.3, 0.4) is 0 Å². The van der Waals surface area contributed by atoms with Crippen LogP contribution in [0.2, 0.25) is 0 Å². The lowest BCUT2D eigenvalue weighted by atomic mass is 10.3. The highest BCUT2D eigenvalue weighted by atomic mass is 16.5. The highest BCUT2D eigenvalue weighted by Crippen LogP contribution is 2.18. The van der Waals surface area contributed by atoms with Gasteiger partial charge in [0.15, 0.2) is 0 Å². The Morgan fingerprint density at radius 3 is 2.57 bits per heavy atom. The second kappa shape index (κ2) is 8.09. The Hall–Kier alpha value is -2.67. The van der Waals surface area contributed by atoms with Crippen LogP contribution in [0.1, 0.15) is 16.2 Å². The number of anilines is 2. The number of hydrogen-bond donors (Lipinski definition) is 2. The molecule has 0 unspecified atom stereocenters. The molecule has 0 aliphatic heterocycles. The van der Waals surface area contributed by atoms with Crippen LogP contribution in [-0.2, 0) is 4.74 Å². The van der Waals surface area contributed by atoms with Crippen molar-refractivity contribution < 1.29 is 14.3 Å². The third-order valence-corrected chi connectivity index (χ3v) is 3.02. The molecular formula is C16H20N4O3. The molecule has 0 radical (unpaired) electrons. The molecule has 1 amide bonds. The number of aromatic nitrogens is 2. The van der Waals surface area contributed by atoms with Gasteiger partial charge in [0.25, 0.3) is 5.91 Å². The Balaban J connectivity index is 2.11. The molecule has 7 nitrogen and oxygen atoms in total. The van der Waals surface area contributed by atoms with Crippen molar-refractivity contribution >= 4 is 17.5 Å². The number of nitrogens with one attached hydrogen (secondary N) is 2. The first kappa shape index (κ1) is 16.7. The highest BCUT2D eigenvalue weighted by Gasteiger charge is 2.10. The van der Waals surface area contributed by atoms with Crippen molar-refractivity contribution in [3.05, 3.63) is 41.7 Å². The SMILES string of the molecule is COCCNC(=O)c1cc(C)nc(Nc2ccc(OC)cc2)n1. The van der Waals surface area contributed by atoms with E-state index in [1.807, 2.05) is 31.2 Å². The Morgan fingerprint density at radius 2 is 1.91 bits per heavy atom. The molecule has 0 aliphatic rings. The van der Waals surface area contributed by atoms with Gasteiger partial charge < -0.3 is 20.1 Å². The van der Waals surface area contributed by atoms with Crippen LogP contribution in [0.4, 0.5) is 11.6 Å². The predicted octanol–water partition coefficient (Wildman–Crippen LogP) is 1.91. The van der Waals surface area contributed by atoms with Crippen LogP contribution < -0.4 is 15.4 Å². The zero-order valence-electron chi connectivity index (χ0n) is 13.4. The van der Waals surface area contributed by atoms with Gasteiger partial charge in [-0.05, 0) is 37.3 Å². The molecule has 122 valence electrons. The number of ether oxygens (including phenoxy) is 2. The zero-order chi connectivity index (χ0) is 16.7. The second-order valence-corrected chi connectivity index (χ2v) is 4.82. The first-order valence-electron chi connectivity index (χ1n) is 7.16. The van der Waals surface area contributed by atoms with Crippen molar-refractivity contribution in [3.8, 4) is 5.75 Å². The summed E-state index contributed by atoms with van der Waals surface area (Å²) in [5.41, 5.74) is 1.82. The second-order valence-electron chi connectivity index (χ2n) is 4.82. The van der Waals surface area contributed by atoms with E-state index in [1.54, 1.807) is 20.3 Å². The lowest BCUT2D eigenvalue weighted by molar-refractivity contribution is 0.0932. The molecule has 2 rings (SSSR count). The van der Waals surface area contributed by atoms with Gasteiger partial charge in [-0.2, -0.15) is 0 Å². The lowest BCUT2D eigenvalue weighted by Crippen LogP contribution is -2.28. The summed E-state index contributed by atoms with van der Waals surface area (Å²) in [7, 11) is 3.19. The number of nitrogens with zero attached hydrogens (tertiary/aromatic N) is 2. The molecule has 1 aromatic heterocycles. The van der Waals surface area contributed by atoms with E-state index >= 15 is 0 Å². The summed E-state index contributed by atoms with van der Waals surface area (Å²) in [5.74, 6) is 0.872. The van der Waals surface area contributed by atoms with E-state index in [9.17, 15) is 4.79 Å². The van der Waals surface area contributed by atoms with Crippen molar-refractivity contribution in [1.82, 2.24) is 15.3 Å². The van der Waals surface area contributed by atoms with Crippen LogP contribution in [0.25, 0.3) is 0 Å². The summed E-state index contributed by atoms with van der Waals surface area (Å²) < 4.78 is 10.0. The molecule has 2 aromatic rings. The van der Waals surface area contributed by atoms with Gasteiger partial charge in [-0.25, -0.2) is 9.97 Å². The minimum absolute atomic E-state index is 0.259. The Bertz CT molecular complexity index is 659. The largest absolute Gasteiger partial charge is 0.497 e. The fourth-order valence-electron chi connectivity index (χ4n) is 1.90. The Kier molecular flexibility index (Phi) is 5.87. The number of carbonyl (C=O) groups is 1. The van der Waals surface area contributed by atoms with Crippen LogP contribution in [0.5, 0.6) is 5.75 Å². The van der Waals surface area contributed by atoms with Crippen molar-refractivity contribution in [2.24, 2.45) is 0 Å². The number of hydrogen-bond acceptors (Lipinski definition) is 6. The Labute approximate surface area is 135 Å². The molecule has 2 N–H and O–H groups in total. The molecule has 1 aromatic carbocycles. The molecule has 0 spiro atoms. The first-order chi connectivity index (χ1) is 11.1. The molecule has 0 saturated heterocycles. The minimum Gasteiger partial charge on any atom is -0.497 e. The van der Waals surface area contributed by atoms with E-state index in [2.05, 4.69) is 20.6 Å². The van der Waals surface area contributed by atoms with Gasteiger partial charge in [-0.15, -0.1) is 0 Å². The fourth-order valence-corrected chi connectivity index (χ4v) is 1.90. The number of aryl methyl sites for hydroxylation is 1. The van der Waals surface area contributed by atoms with E-state index in [1.165, 1.54) is 0 Å². The van der Waals surface area contributed by atoms with Gasteiger partial charge >= 0.3 is 0 Å². The maximum Gasteiger partial charge on any atom is 0.270 e. The number of rotatable bonds is 7. The highest BCUT2D eigenvalue weighted by molar-refractivity contribution is 5.92. The van der Waals surface area contributed by atoms with E-state index in [4.69, 9.17) is 9.47 Å². The number of benzene rings is 1. The molecular weight excluding hydrogens is 296 g/mol. The monoisotopic (exact) mass is 316 g/mol. The van der Waals surface area contributed by atoms with Crippen LogP contribution >= 0.6 is 0 Å². The summed E-state index contributed by atoms with van der Waals surface area (Å²) in [6.45, 7) is 2.69. The standard InChI is InChI=1S/C16H20N4O3/c1-11-10-14(15(21)17-8-9-22-2)20-16(18-11)19-12-4-6-13(23-3)7-5-12/h4-7,10H,8-9H2,1-3H3,(H,17,21)(H,18,19,20). The van der Waals surface area contributed by atoms with E-state index in [0.717, 1.165) is 11.4 Å². The van der Waals surface area contributed by atoms with Gasteiger partial charge in [0, 0.05) is 25.0 Å². The predicted molar refractivity (Wildman–Crippen MR) is 87.3 cm³/mol. The van der Waals surface area contributed by atoms with Crippen molar-refractivity contribution in [3.63, 3.8) is 0 Å². The smallest absolute Gasteiger partial charge is 0.270 e. The fraction of sp³-hybridized carbons (Fsp3) is 0.312. The van der Waals surface area contributed by atoms with Crippen molar-refractivity contribution in [1.29, 1.82) is 0 Å². The summed E-state index contributed by atoms with van der Waals surface area (Å²) >= 11 is 0. The molecule has 0 aliphatic carbocycles. The average Bonchev–Trinajstić information content (AvgIpc) is 2.55. The number of amides is 1. The van der Waals surface area contributed by atoms with Gasteiger partial charge in [0.2, 0.25) is 5.95 Å². The summed E-state index contributed by atoms with van der Waals surface area (Å²) in [6, 6.07) is 9.00. The maximum absolute atomic E-state index is 12.1. The van der Waals surface area contributed by atoms with Gasteiger partial charge in [-0.3, -0.25) is 4.79 Å². The molecule has 0 atom stereocenters. The van der Waals surface area contributed by atoms with Gasteiger partial charge in [-0.1, -0.05) is 0 Å². The van der Waals surface area contributed by atoms with E-state index < -0.39 is 0 Å². The molecule has 0 bridgehead atoms. The molecule has 0 fully saturated rings. The summed E-state index contributed by atoms with van der Waals surface area (Å²) in [6.07, 6.45) is 0. The summed E-state index contributed by atoms with van der Waals surface area (Å²) in [4.78, 5) is 20.6. The number of carbonyl (C=O) groups excluding carboxylic acids is 1. The zero-order valence-corrected chi connectivity index (χ0v) is 13.4. The molecule has 1 heterocycles. The van der Waals surface area contributed by atoms with E-state index in [0.29, 0.717) is 30.5 Å². The van der Waals surface area contributed by atoms with Crippen LogP contribution in [-0.4, -0.2) is 43.2 Å². The first-order valence-corrected chi connectivity index (χ1v) is 7.16. The molecule has 7 heteroatoms. The lowest BCUT2D eigenvalue weighted by Gasteiger charge is -2.09. The third kappa shape index (κ3) is 4.93. The topological polar surface area (TPSA) is 85.4 Å². The van der Waals surface area contributed by atoms with Gasteiger partial charge in [0.1, 0.15) is 11.4 Å². The average molecular weight is 316 g/mol. The quantitative estimate of drug-likeness (QED) is 0.759. The normalized spacial score (nSPS) is 10.2. The molecule has 0 saturated carbocycles. The molecule has 23 heavy (non-hydrogen) atoms. The minimum atomic E-state index is -0.259. The van der Waals surface area contributed by atoms with E-state index in [-0.39, 0.29) is 5.91 Å². The Morgan fingerprint density at radius 1 is 1.17 bits per heavy atom. The maximum atomic E-state index is 12.1. The van der Waals surface area contributed by atoms with Crippen LogP contribution in [0, 0.1) is 6.92 Å². The van der Waals surface area contributed by atoms with Crippen molar-refractivity contribution in [2.75, 3.05) is 32.7 Å². The van der Waals surface area contributed by atoms with Crippen molar-refractivity contribution in [2.45, 2.75) is 6.92 Å². The summed E-state index contributed by atoms with van der Waals surface area (Å²) in [5, 5.41) is 5.81. The third-order valence-electron chi connectivity index (χ3n) is 3.02. The number of methoxy groups -OCH3 is 2. The van der Waals surface area contributed by atoms with Gasteiger partial charge in [0.05, 0.1) is 13.7 Å². The van der Waals surface area contributed by atoms with Crippen LogP contribution in [0.15, 0.2) is 30.3 Å².